The highest BCUT2D eigenvalue weighted by molar-refractivity contribution is 6.48. The van der Waals surface area contributed by atoms with Crippen LogP contribution in [0.3, 0.4) is 0 Å². The van der Waals surface area contributed by atoms with Gasteiger partial charge in [0.25, 0.3) is 0 Å². The van der Waals surface area contributed by atoms with Gasteiger partial charge in [-0.3, -0.25) is 0 Å². The van der Waals surface area contributed by atoms with E-state index >= 15 is 0 Å². The zero-order chi connectivity index (χ0) is 41.6. The normalized spacial score (nSPS) is 12.4. The highest BCUT2D eigenvalue weighted by Gasteiger charge is 2.32. The predicted molar refractivity (Wildman–Crippen MR) is 275 cm³/mol. The molecule has 0 fully saturated rings. The molecule has 0 amide bonds. The lowest BCUT2D eigenvalue weighted by Crippen LogP contribution is -1.93. The van der Waals surface area contributed by atoms with Crippen LogP contribution in [0.4, 0.5) is 0 Å². The van der Waals surface area contributed by atoms with E-state index in [2.05, 4.69) is 218 Å². The van der Waals surface area contributed by atoms with Crippen LogP contribution in [-0.4, -0.2) is 0 Å². The van der Waals surface area contributed by atoms with Crippen molar-refractivity contribution in [3.63, 3.8) is 0 Å². The molecule has 64 heavy (non-hydrogen) atoms. The van der Waals surface area contributed by atoms with Gasteiger partial charge in [-0.1, -0.05) is 218 Å². The van der Waals surface area contributed by atoms with Crippen LogP contribution in [0.1, 0.15) is 0 Å². The summed E-state index contributed by atoms with van der Waals surface area (Å²) < 4.78 is 0. The summed E-state index contributed by atoms with van der Waals surface area (Å²) in [6.45, 7) is 0. The van der Waals surface area contributed by atoms with E-state index in [0.29, 0.717) is 0 Å². The Morgan fingerprint density at radius 1 is 0.141 bits per heavy atom. The number of fused-ring (bicyclic) bond motifs is 11. The highest BCUT2D eigenvalue weighted by Crippen LogP contribution is 2.59. The van der Waals surface area contributed by atoms with E-state index in [4.69, 9.17) is 0 Å². The van der Waals surface area contributed by atoms with E-state index < -0.39 is 0 Å². The second kappa shape index (κ2) is 12.6. The van der Waals surface area contributed by atoms with Crippen molar-refractivity contribution in [3.8, 4) is 66.8 Å². The van der Waals surface area contributed by atoms with E-state index in [1.54, 1.807) is 0 Å². The average Bonchev–Trinajstić information content (AvgIpc) is 4.00. The summed E-state index contributed by atoms with van der Waals surface area (Å²) >= 11 is 0. The maximum absolute atomic E-state index is 2.44. The summed E-state index contributed by atoms with van der Waals surface area (Å²) in [6, 6.07) is 81.9. The van der Waals surface area contributed by atoms with E-state index in [-0.39, 0.29) is 0 Å². The van der Waals surface area contributed by atoms with Gasteiger partial charge >= 0.3 is 0 Å². The molecule has 0 radical (unpaired) electrons. The van der Waals surface area contributed by atoms with Gasteiger partial charge in [-0.25, -0.2) is 0 Å². The Kier molecular flexibility index (Phi) is 6.77. The lowest BCUT2D eigenvalue weighted by molar-refractivity contribution is 1.62. The Balaban J connectivity index is 1.06. The van der Waals surface area contributed by atoms with Crippen molar-refractivity contribution in [3.05, 3.63) is 218 Å². The SMILES string of the molecule is c1ccc(-c2c3c(c(-c4ccccc4)c4ccccc24)-c2ccc(-c4ccc5c6c(-c7ccccc7)c7cccc8c9ccccc9c(c78)c6c6cccc4c56)c4cccc-3c24)cc1. The third kappa shape index (κ3) is 4.32. The summed E-state index contributed by atoms with van der Waals surface area (Å²) in [6.07, 6.45) is 0. The van der Waals surface area contributed by atoms with Gasteiger partial charge < -0.3 is 0 Å². The molecule has 0 unspecified atom stereocenters. The molecule has 0 N–H and O–H groups in total. The first kappa shape index (κ1) is 34.3. The van der Waals surface area contributed by atoms with Crippen molar-refractivity contribution >= 4 is 86.2 Å². The molecule has 292 valence electrons. The van der Waals surface area contributed by atoms with Gasteiger partial charge in [-0.15, -0.1) is 0 Å². The van der Waals surface area contributed by atoms with E-state index in [0.717, 1.165) is 0 Å². The van der Waals surface area contributed by atoms with Crippen molar-refractivity contribution in [2.75, 3.05) is 0 Å². The van der Waals surface area contributed by atoms with E-state index in [1.807, 2.05) is 0 Å². The van der Waals surface area contributed by atoms with Crippen LogP contribution in [0.5, 0.6) is 0 Å². The molecule has 0 aromatic heterocycles. The van der Waals surface area contributed by atoms with Crippen LogP contribution in [0, 0.1) is 0 Å². The molecule has 0 atom stereocenters. The highest BCUT2D eigenvalue weighted by atomic mass is 14.3. The quantitative estimate of drug-likeness (QED) is 0.166. The second-order valence-corrected chi connectivity index (χ2v) is 17.7. The molecule has 0 saturated heterocycles. The van der Waals surface area contributed by atoms with Crippen LogP contribution in [0.2, 0.25) is 0 Å². The fourth-order valence-corrected chi connectivity index (χ4v) is 12.3. The van der Waals surface area contributed by atoms with Crippen LogP contribution in [0.25, 0.3) is 153 Å². The molecule has 1 aliphatic carbocycles. The summed E-state index contributed by atoms with van der Waals surface area (Å²) in [5.74, 6) is 0. The van der Waals surface area contributed by atoms with Crippen LogP contribution >= 0.6 is 0 Å². The fourth-order valence-electron chi connectivity index (χ4n) is 12.3. The Labute approximate surface area is 369 Å². The zero-order valence-electron chi connectivity index (χ0n) is 34.8. The van der Waals surface area contributed by atoms with Gasteiger partial charge in [0, 0.05) is 0 Å². The Morgan fingerprint density at radius 2 is 0.531 bits per heavy atom. The monoisotopic (exact) mass is 804 g/mol. The Hall–Kier alpha value is -8.32. The predicted octanol–water partition coefficient (Wildman–Crippen LogP) is 18.1. The van der Waals surface area contributed by atoms with Gasteiger partial charge in [-0.2, -0.15) is 0 Å². The Bertz CT molecular complexity index is 4160. The number of hydrogen-bond donors (Lipinski definition) is 0. The summed E-state index contributed by atoms with van der Waals surface area (Å²) in [5.41, 5.74) is 15.5. The van der Waals surface area contributed by atoms with Crippen molar-refractivity contribution in [2.45, 2.75) is 0 Å². The molecule has 0 saturated carbocycles. The van der Waals surface area contributed by atoms with Crippen molar-refractivity contribution in [1.82, 2.24) is 0 Å². The molecule has 1 aliphatic rings. The van der Waals surface area contributed by atoms with Crippen molar-refractivity contribution < 1.29 is 0 Å². The third-order valence-electron chi connectivity index (χ3n) is 14.7. The van der Waals surface area contributed by atoms with Crippen LogP contribution < -0.4 is 0 Å². The molecular formula is C64H36. The average molecular weight is 805 g/mol. The largest absolute Gasteiger partial charge is 0.0622 e. The minimum absolute atomic E-state index is 1.24. The van der Waals surface area contributed by atoms with Gasteiger partial charge in [0.2, 0.25) is 0 Å². The van der Waals surface area contributed by atoms with Crippen molar-refractivity contribution in [1.29, 1.82) is 0 Å². The minimum atomic E-state index is 1.24. The molecule has 0 heterocycles. The van der Waals surface area contributed by atoms with Crippen LogP contribution in [-0.2, 0) is 0 Å². The lowest BCUT2D eigenvalue weighted by Gasteiger charge is -2.20. The number of rotatable bonds is 4. The molecule has 0 spiro atoms. The molecule has 14 aromatic carbocycles. The van der Waals surface area contributed by atoms with Crippen molar-refractivity contribution in [2.24, 2.45) is 0 Å². The summed E-state index contributed by atoms with van der Waals surface area (Å²) in [4.78, 5) is 0. The first-order valence-corrected chi connectivity index (χ1v) is 22.4. The number of benzene rings is 12. The first-order chi connectivity index (χ1) is 31.8. The lowest BCUT2D eigenvalue weighted by atomic mass is 9.82. The molecule has 15 rings (SSSR count). The van der Waals surface area contributed by atoms with Gasteiger partial charge in [-0.05, 0) is 153 Å². The Morgan fingerprint density at radius 3 is 1.17 bits per heavy atom. The van der Waals surface area contributed by atoms with Gasteiger partial charge in [0.05, 0.1) is 0 Å². The van der Waals surface area contributed by atoms with E-state index in [9.17, 15) is 0 Å². The summed E-state index contributed by atoms with van der Waals surface area (Å²) in [5, 5.41) is 21.3. The molecule has 0 aliphatic heterocycles. The van der Waals surface area contributed by atoms with Gasteiger partial charge in [0.1, 0.15) is 0 Å². The fraction of sp³-hybridized carbons (Fsp3) is 0. The molecule has 0 bridgehead atoms. The van der Waals surface area contributed by atoms with E-state index in [1.165, 1.54) is 153 Å². The molecule has 14 aromatic rings. The van der Waals surface area contributed by atoms with Crippen LogP contribution in [0.15, 0.2) is 218 Å². The molecule has 0 heteroatoms. The minimum Gasteiger partial charge on any atom is -0.0622 e. The molecular weight excluding hydrogens is 769 g/mol. The summed E-state index contributed by atoms with van der Waals surface area (Å²) in [7, 11) is 0. The maximum atomic E-state index is 2.44. The molecule has 0 nitrogen and oxygen atoms in total. The smallest absolute Gasteiger partial charge is 0.000697 e. The zero-order valence-corrected chi connectivity index (χ0v) is 34.8. The second-order valence-electron chi connectivity index (χ2n) is 17.7. The topological polar surface area (TPSA) is 0 Å². The number of hydrogen-bond acceptors (Lipinski definition) is 0. The standard InChI is InChI=1S/C64H36/c1-4-17-37(18-5-1)54-47-25-12-13-26-48(47)55(38-19-6-2-7-20-38)62-52-35-33-41(43-27-14-31-50(57(43)52)61(54)62)42-34-36-53-58-44(42)28-15-32-51(58)64-60-46-24-11-10-23-40(46)45-29-16-30-49(59(45)60)56(63(53)64)39-21-8-3-9-22-39/h1-36H. The maximum Gasteiger partial charge on any atom is -0.000697 e. The van der Waals surface area contributed by atoms with Gasteiger partial charge in [0.15, 0.2) is 0 Å². The first-order valence-electron chi connectivity index (χ1n) is 22.4. The third-order valence-corrected chi connectivity index (χ3v) is 14.7.